The number of carbonyl (C=O) groups excluding carboxylic acids is 2. The predicted octanol–water partition coefficient (Wildman–Crippen LogP) is 1.37. The number of benzene rings is 2. The number of aromatic nitrogens is 3. The fraction of sp³-hybridized carbons (Fsp3) is 0.273. The lowest BCUT2D eigenvalue weighted by Gasteiger charge is -2.23. The van der Waals surface area contributed by atoms with Gasteiger partial charge in [0.2, 0.25) is 11.8 Å². The Bertz CT molecular complexity index is 1120. The van der Waals surface area contributed by atoms with Gasteiger partial charge in [0.05, 0.1) is 17.3 Å². The van der Waals surface area contributed by atoms with E-state index >= 15 is 0 Å². The average molecular weight is 420 g/mol. The molecule has 31 heavy (non-hydrogen) atoms. The molecule has 0 aliphatic heterocycles. The van der Waals surface area contributed by atoms with E-state index in [2.05, 4.69) is 20.9 Å². The molecule has 160 valence electrons. The van der Waals surface area contributed by atoms with Gasteiger partial charge in [0, 0.05) is 19.7 Å². The molecule has 0 saturated heterocycles. The van der Waals surface area contributed by atoms with E-state index < -0.39 is 11.5 Å². The number of likely N-dealkylation sites (N-methyl/N-ethyl adjacent to an activating group) is 1. The van der Waals surface area contributed by atoms with Crippen LogP contribution >= 0.6 is 0 Å². The first kappa shape index (κ1) is 20.5. The Kier molecular flexibility index (Phi) is 5.43. The highest BCUT2D eigenvalue weighted by molar-refractivity contribution is 5.95. The largest absolute Gasteiger partial charge is 0.412 e. The average Bonchev–Trinajstić information content (AvgIpc) is 3.51. The molecule has 9 nitrogen and oxygen atoms in total. The zero-order chi connectivity index (χ0) is 22.0. The second kappa shape index (κ2) is 8.19. The number of nitrogens with zero attached hydrogens (tertiary/aromatic N) is 3. The molecule has 1 heterocycles. The molecular formula is C22H24N6O3. The summed E-state index contributed by atoms with van der Waals surface area (Å²) in [5, 5.41) is 13.4. The van der Waals surface area contributed by atoms with E-state index in [0.717, 1.165) is 16.8 Å². The van der Waals surface area contributed by atoms with Gasteiger partial charge in [0.15, 0.2) is 0 Å². The SMILES string of the molecule is CNC(=O)C(NC(=O)C1(c2cccc(-c3cnnn3C)c2)CC1)c1cccc(ON)c1. The van der Waals surface area contributed by atoms with E-state index in [1.807, 2.05) is 31.3 Å². The highest BCUT2D eigenvalue weighted by Gasteiger charge is 2.52. The standard InChI is InChI=1S/C22H24N6O3/c1-24-20(29)19(15-6-4-8-17(12-15)31-23)26-21(30)22(9-10-22)16-7-3-5-14(11-16)18-13-25-27-28(18)2/h3-8,11-13,19H,9-10,23H2,1-2H3,(H,24,29)(H,26,30). The van der Waals surface area contributed by atoms with Crippen molar-refractivity contribution in [3.63, 3.8) is 0 Å². The van der Waals surface area contributed by atoms with E-state index in [1.54, 1.807) is 35.1 Å². The number of amides is 2. The van der Waals surface area contributed by atoms with Gasteiger partial charge in [-0.2, -0.15) is 5.90 Å². The summed E-state index contributed by atoms with van der Waals surface area (Å²) in [5.41, 5.74) is 2.61. The van der Waals surface area contributed by atoms with Gasteiger partial charge >= 0.3 is 0 Å². The Morgan fingerprint density at radius 3 is 2.61 bits per heavy atom. The van der Waals surface area contributed by atoms with Gasteiger partial charge in [-0.1, -0.05) is 35.5 Å². The molecule has 1 aromatic heterocycles. The number of hydrogen-bond donors (Lipinski definition) is 3. The van der Waals surface area contributed by atoms with Crippen LogP contribution in [-0.4, -0.2) is 33.9 Å². The Morgan fingerprint density at radius 1 is 1.19 bits per heavy atom. The molecule has 3 aromatic rings. The fourth-order valence-electron chi connectivity index (χ4n) is 3.78. The molecule has 1 saturated carbocycles. The Hall–Kier alpha value is -3.72. The number of aryl methyl sites for hydroxylation is 1. The summed E-state index contributed by atoms with van der Waals surface area (Å²) >= 11 is 0. The molecule has 1 aliphatic carbocycles. The van der Waals surface area contributed by atoms with E-state index in [9.17, 15) is 9.59 Å². The Balaban J connectivity index is 1.62. The zero-order valence-corrected chi connectivity index (χ0v) is 17.3. The van der Waals surface area contributed by atoms with Crippen molar-refractivity contribution in [1.29, 1.82) is 0 Å². The molecule has 0 spiro atoms. The summed E-state index contributed by atoms with van der Waals surface area (Å²) in [6.45, 7) is 0. The first-order chi connectivity index (χ1) is 15.0. The first-order valence-corrected chi connectivity index (χ1v) is 9.93. The minimum atomic E-state index is -0.866. The van der Waals surface area contributed by atoms with Gasteiger partial charge < -0.3 is 15.5 Å². The summed E-state index contributed by atoms with van der Waals surface area (Å²) in [7, 11) is 3.35. The quantitative estimate of drug-likeness (QED) is 0.496. The minimum Gasteiger partial charge on any atom is -0.412 e. The molecule has 2 aromatic carbocycles. The van der Waals surface area contributed by atoms with Crippen molar-refractivity contribution in [1.82, 2.24) is 25.6 Å². The molecule has 4 rings (SSSR count). The highest BCUT2D eigenvalue weighted by atomic mass is 16.6. The highest BCUT2D eigenvalue weighted by Crippen LogP contribution is 2.49. The van der Waals surface area contributed by atoms with E-state index in [-0.39, 0.29) is 11.8 Å². The lowest BCUT2D eigenvalue weighted by molar-refractivity contribution is -0.130. The second-order valence-corrected chi connectivity index (χ2v) is 7.62. The minimum absolute atomic E-state index is 0.194. The topological polar surface area (TPSA) is 124 Å². The normalized spacial score (nSPS) is 15.1. The van der Waals surface area contributed by atoms with Gasteiger partial charge in [-0.05, 0) is 42.2 Å². The third-order valence-electron chi connectivity index (χ3n) is 5.72. The number of carbonyl (C=O) groups is 2. The van der Waals surface area contributed by atoms with E-state index in [4.69, 9.17) is 10.7 Å². The lowest BCUT2D eigenvalue weighted by atomic mass is 9.92. The van der Waals surface area contributed by atoms with Crippen LogP contribution in [0.2, 0.25) is 0 Å². The fourth-order valence-corrected chi connectivity index (χ4v) is 3.78. The summed E-state index contributed by atoms with van der Waals surface area (Å²) in [6, 6.07) is 13.7. The van der Waals surface area contributed by atoms with Gasteiger partial charge in [0.25, 0.3) is 0 Å². The predicted molar refractivity (Wildman–Crippen MR) is 114 cm³/mol. The van der Waals surface area contributed by atoms with Crippen LogP contribution in [0.25, 0.3) is 11.3 Å². The molecule has 0 bridgehead atoms. The first-order valence-electron chi connectivity index (χ1n) is 9.93. The molecule has 1 unspecified atom stereocenters. The number of nitrogens with two attached hydrogens (primary N) is 1. The Morgan fingerprint density at radius 2 is 1.97 bits per heavy atom. The van der Waals surface area contributed by atoms with Crippen LogP contribution in [0.1, 0.15) is 30.0 Å². The lowest BCUT2D eigenvalue weighted by Crippen LogP contribution is -2.43. The van der Waals surface area contributed by atoms with Crippen molar-refractivity contribution in [2.24, 2.45) is 12.9 Å². The monoisotopic (exact) mass is 420 g/mol. The maximum absolute atomic E-state index is 13.4. The van der Waals surface area contributed by atoms with Gasteiger partial charge in [-0.15, -0.1) is 5.10 Å². The molecule has 1 atom stereocenters. The summed E-state index contributed by atoms with van der Waals surface area (Å²) in [6.07, 6.45) is 3.10. The van der Waals surface area contributed by atoms with Crippen molar-refractivity contribution in [2.45, 2.75) is 24.3 Å². The zero-order valence-electron chi connectivity index (χ0n) is 17.3. The van der Waals surface area contributed by atoms with Crippen LogP contribution in [0, 0.1) is 0 Å². The molecule has 9 heteroatoms. The van der Waals surface area contributed by atoms with Gasteiger partial charge in [-0.3, -0.25) is 9.59 Å². The van der Waals surface area contributed by atoms with Crippen LogP contribution in [0.5, 0.6) is 5.75 Å². The summed E-state index contributed by atoms with van der Waals surface area (Å²) < 4.78 is 1.69. The smallest absolute Gasteiger partial charge is 0.246 e. The van der Waals surface area contributed by atoms with Crippen molar-refractivity contribution in [3.8, 4) is 17.0 Å². The van der Waals surface area contributed by atoms with Crippen LogP contribution in [0.3, 0.4) is 0 Å². The molecule has 0 radical (unpaired) electrons. The third-order valence-corrected chi connectivity index (χ3v) is 5.72. The molecule has 4 N–H and O–H groups in total. The third kappa shape index (κ3) is 3.87. The van der Waals surface area contributed by atoms with Crippen LogP contribution in [0.4, 0.5) is 0 Å². The molecular weight excluding hydrogens is 396 g/mol. The second-order valence-electron chi connectivity index (χ2n) is 7.62. The Labute approximate surface area is 179 Å². The molecule has 2 amide bonds. The summed E-state index contributed by atoms with van der Waals surface area (Å²) in [5.74, 6) is 5.13. The molecule has 1 aliphatic rings. The number of hydrogen-bond acceptors (Lipinski definition) is 6. The van der Waals surface area contributed by atoms with Crippen LogP contribution < -0.4 is 21.4 Å². The van der Waals surface area contributed by atoms with E-state index in [0.29, 0.717) is 24.2 Å². The molecule has 1 fully saturated rings. The van der Waals surface area contributed by atoms with Crippen LogP contribution in [-0.2, 0) is 22.1 Å². The van der Waals surface area contributed by atoms with Gasteiger partial charge in [-0.25, -0.2) is 4.68 Å². The number of nitrogens with one attached hydrogen (secondary N) is 2. The van der Waals surface area contributed by atoms with Crippen LogP contribution in [0.15, 0.2) is 54.7 Å². The maximum atomic E-state index is 13.4. The van der Waals surface area contributed by atoms with E-state index in [1.165, 1.54) is 7.05 Å². The van der Waals surface area contributed by atoms with Crippen molar-refractivity contribution in [3.05, 3.63) is 65.9 Å². The maximum Gasteiger partial charge on any atom is 0.246 e. The van der Waals surface area contributed by atoms with Crippen molar-refractivity contribution in [2.75, 3.05) is 7.05 Å². The van der Waals surface area contributed by atoms with Crippen molar-refractivity contribution < 1.29 is 14.4 Å². The number of rotatable bonds is 7. The van der Waals surface area contributed by atoms with Gasteiger partial charge in [0.1, 0.15) is 11.8 Å². The van der Waals surface area contributed by atoms with Crippen molar-refractivity contribution >= 4 is 11.8 Å². The summed E-state index contributed by atoms with van der Waals surface area (Å²) in [4.78, 5) is 30.7.